The zero-order valence-electron chi connectivity index (χ0n) is 6.55. The normalized spacial score (nSPS) is 33.0. The summed E-state index contributed by atoms with van der Waals surface area (Å²) in [6.07, 6.45) is 4.34. The lowest BCUT2D eigenvalue weighted by molar-refractivity contribution is 0.625. The highest BCUT2D eigenvalue weighted by atomic mass is 32.2. The van der Waals surface area contributed by atoms with Crippen LogP contribution in [0.4, 0.5) is 0 Å². The van der Waals surface area contributed by atoms with E-state index in [0.717, 1.165) is 16.9 Å². The second-order valence-corrected chi connectivity index (χ2v) is 4.84. The third kappa shape index (κ3) is 2.39. The molecule has 0 aliphatic heterocycles. The molecule has 1 saturated carbocycles. The van der Waals surface area contributed by atoms with Crippen LogP contribution < -0.4 is 0 Å². The highest BCUT2D eigenvalue weighted by Crippen LogP contribution is 2.34. The van der Waals surface area contributed by atoms with Gasteiger partial charge in [-0.2, -0.15) is 24.4 Å². The average Bonchev–Trinajstić information content (AvgIpc) is 2.31. The van der Waals surface area contributed by atoms with Crippen LogP contribution in [-0.2, 0) is 0 Å². The predicted molar refractivity (Wildman–Crippen MR) is 53.1 cm³/mol. The lowest BCUT2D eigenvalue weighted by Gasteiger charge is -2.13. The summed E-state index contributed by atoms with van der Waals surface area (Å²) < 4.78 is 0. The van der Waals surface area contributed by atoms with Gasteiger partial charge in [0.1, 0.15) is 0 Å². The fraction of sp³-hybridized carbons (Fsp3) is 1.00. The Kier molecular flexibility index (Phi) is 4.00. The number of hydrogen-bond acceptors (Lipinski definition) is 2. The van der Waals surface area contributed by atoms with Crippen molar-refractivity contribution in [2.24, 2.45) is 5.92 Å². The number of rotatable bonds is 3. The van der Waals surface area contributed by atoms with E-state index in [2.05, 4.69) is 31.3 Å². The quantitative estimate of drug-likeness (QED) is 0.645. The summed E-state index contributed by atoms with van der Waals surface area (Å²) in [6, 6.07) is 0. The van der Waals surface area contributed by atoms with E-state index >= 15 is 0 Å². The molecule has 2 heteroatoms. The fourth-order valence-corrected chi connectivity index (χ4v) is 3.09. The van der Waals surface area contributed by atoms with Crippen molar-refractivity contribution in [2.45, 2.75) is 31.4 Å². The van der Waals surface area contributed by atoms with Crippen LogP contribution in [0.25, 0.3) is 0 Å². The molecule has 1 fully saturated rings. The molecular formula is C8H16S2. The van der Waals surface area contributed by atoms with Gasteiger partial charge in [-0.15, -0.1) is 0 Å². The summed E-state index contributed by atoms with van der Waals surface area (Å²) >= 11 is 6.32. The maximum atomic E-state index is 4.20. The predicted octanol–water partition coefficient (Wildman–Crippen LogP) is 2.84. The topological polar surface area (TPSA) is 0 Å². The van der Waals surface area contributed by atoms with Gasteiger partial charge in [0.2, 0.25) is 0 Å². The highest BCUT2D eigenvalue weighted by Gasteiger charge is 2.22. The average molecular weight is 176 g/mol. The second-order valence-electron chi connectivity index (χ2n) is 3.04. The molecule has 0 amide bonds. The largest absolute Gasteiger partial charge is 0.179 e. The Morgan fingerprint density at radius 1 is 1.50 bits per heavy atom. The second kappa shape index (κ2) is 4.55. The summed E-state index contributed by atoms with van der Waals surface area (Å²) in [5.74, 6) is 3.23. The Morgan fingerprint density at radius 3 is 2.80 bits per heavy atom. The van der Waals surface area contributed by atoms with E-state index in [4.69, 9.17) is 0 Å². The Bertz CT molecular complexity index is 93.3. The zero-order valence-corrected chi connectivity index (χ0v) is 8.26. The Morgan fingerprint density at radius 2 is 2.30 bits per heavy atom. The van der Waals surface area contributed by atoms with E-state index in [-0.39, 0.29) is 0 Å². The molecule has 2 unspecified atom stereocenters. The molecule has 0 aromatic heterocycles. The Balaban J connectivity index is 2.14. The van der Waals surface area contributed by atoms with Crippen molar-refractivity contribution in [3.05, 3.63) is 0 Å². The summed E-state index contributed by atoms with van der Waals surface area (Å²) in [4.78, 5) is 0. The van der Waals surface area contributed by atoms with Gasteiger partial charge in [-0.05, 0) is 24.5 Å². The zero-order chi connectivity index (χ0) is 7.40. The first-order valence-corrected chi connectivity index (χ1v) is 5.75. The van der Waals surface area contributed by atoms with Crippen LogP contribution in [0.15, 0.2) is 0 Å². The SMILES string of the molecule is CC1CCCC1SCCS. The first kappa shape index (κ1) is 8.79. The number of hydrogen-bond donors (Lipinski definition) is 1. The van der Waals surface area contributed by atoms with E-state index in [1.54, 1.807) is 0 Å². The minimum absolute atomic E-state index is 0.951. The first-order chi connectivity index (χ1) is 4.84. The van der Waals surface area contributed by atoms with Gasteiger partial charge in [0.05, 0.1) is 0 Å². The van der Waals surface area contributed by atoms with Gasteiger partial charge in [-0.1, -0.05) is 13.3 Å². The molecule has 2 atom stereocenters. The summed E-state index contributed by atoms with van der Waals surface area (Å²) in [5, 5.41) is 0.951. The number of thiol groups is 1. The van der Waals surface area contributed by atoms with Crippen LogP contribution in [0.2, 0.25) is 0 Å². The molecule has 1 rings (SSSR count). The minimum Gasteiger partial charge on any atom is -0.179 e. The molecule has 10 heavy (non-hydrogen) atoms. The number of thioether (sulfide) groups is 1. The molecule has 0 N–H and O–H groups in total. The first-order valence-electron chi connectivity index (χ1n) is 4.07. The lowest BCUT2D eigenvalue weighted by Crippen LogP contribution is -2.06. The van der Waals surface area contributed by atoms with Gasteiger partial charge in [0, 0.05) is 11.0 Å². The van der Waals surface area contributed by atoms with E-state index < -0.39 is 0 Å². The molecule has 0 aromatic carbocycles. The maximum absolute atomic E-state index is 4.20. The molecule has 0 spiro atoms. The summed E-state index contributed by atoms with van der Waals surface area (Å²) in [7, 11) is 0. The van der Waals surface area contributed by atoms with Crippen molar-refractivity contribution in [1.82, 2.24) is 0 Å². The summed E-state index contributed by atoms with van der Waals surface area (Å²) in [5.41, 5.74) is 0. The summed E-state index contributed by atoms with van der Waals surface area (Å²) in [6.45, 7) is 2.38. The smallest absolute Gasteiger partial charge is 0.00729 e. The van der Waals surface area contributed by atoms with E-state index in [1.165, 1.54) is 25.0 Å². The van der Waals surface area contributed by atoms with E-state index in [0.29, 0.717) is 0 Å². The fourth-order valence-electron chi connectivity index (χ4n) is 1.56. The van der Waals surface area contributed by atoms with E-state index in [9.17, 15) is 0 Å². The van der Waals surface area contributed by atoms with Gasteiger partial charge in [0.25, 0.3) is 0 Å². The standard InChI is InChI=1S/C8H16S2/c1-7-3-2-4-8(7)10-6-5-9/h7-9H,2-6H2,1H3. The molecule has 0 nitrogen and oxygen atoms in total. The molecular weight excluding hydrogens is 160 g/mol. The third-order valence-corrected chi connectivity index (χ3v) is 4.30. The van der Waals surface area contributed by atoms with Crippen molar-refractivity contribution in [1.29, 1.82) is 0 Å². The molecule has 0 saturated heterocycles. The molecule has 1 aliphatic carbocycles. The molecule has 1 aliphatic rings. The van der Waals surface area contributed by atoms with Crippen LogP contribution >= 0.6 is 24.4 Å². The minimum atomic E-state index is 0.951. The van der Waals surface area contributed by atoms with Crippen LogP contribution in [0.5, 0.6) is 0 Å². The van der Waals surface area contributed by atoms with Gasteiger partial charge >= 0.3 is 0 Å². The van der Waals surface area contributed by atoms with Crippen molar-refractivity contribution in [3.63, 3.8) is 0 Å². The van der Waals surface area contributed by atoms with Crippen LogP contribution in [0.3, 0.4) is 0 Å². The van der Waals surface area contributed by atoms with Gasteiger partial charge in [0.15, 0.2) is 0 Å². The van der Waals surface area contributed by atoms with Gasteiger partial charge in [-0.25, -0.2) is 0 Å². The van der Waals surface area contributed by atoms with Crippen molar-refractivity contribution in [2.75, 3.05) is 11.5 Å². The van der Waals surface area contributed by atoms with Gasteiger partial charge in [-0.3, -0.25) is 0 Å². The molecule has 0 radical (unpaired) electrons. The van der Waals surface area contributed by atoms with Crippen molar-refractivity contribution < 1.29 is 0 Å². The van der Waals surface area contributed by atoms with Crippen molar-refractivity contribution >= 4 is 24.4 Å². The van der Waals surface area contributed by atoms with E-state index in [1.807, 2.05) is 0 Å². The molecule has 0 aromatic rings. The van der Waals surface area contributed by atoms with Crippen LogP contribution in [0.1, 0.15) is 26.2 Å². The molecule has 60 valence electrons. The van der Waals surface area contributed by atoms with Crippen LogP contribution in [-0.4, -0.2) is 16.8 Å². The Hall–Kier alpha value is 0.700. The lowest BCUT2D eigenvalue weighted by atomic mass is 10.1. The highest BCUT2D eigenvalue weighted by molar-refractivity contribution is 8.00. The Labute approximate surface area is 73.6 Å². The maximum Gasteiger partial charge on any atom is 0.00729 e. The molecule has 0 bridgehead atoms. The van der Waals surface area contributed by atoms with Gasteiger partial charge < -0.3 is 0 Å². The molecule has 0 heterocycles. The third-order valence-electron chi connectivity index (χ3n) is 2.21. The van der Waals surface area contributed by atoms with Crippen LogP contribution in [0, 0.1) is 5.92 Å². The van der Waals surface area contributed by atoms with Crippen molar-refractivity contribution in [3.8, 4) is 0 Å². The monoisotopic (exact) mass is 176 g/mol.